The van der Waals surface area contributed by atoms with Gasteiger partial charge >= 0.3 is 0 Å². The monoisotopic (exact) mass is 364 g/mol. The van der Waals surface area contributed by atoms with Crippen LogP contribution in [-0.2, 0) is 13.1 Å². The van der Waals surface area contributed by atoms with E-state index in [1.165, 1.54) is 16.8 Å². The van der Waals surface area contributed by atoms with Gasteiger partial charge < -0.3 is 20.3 Å². The van der Waals surface area contributed by atoms with E-state index in [2.05, 4.69) is 71.0 Å². The van der Waals surface area contributed by atoms with E-state index in [1.807, 2.05) is 12.1 Å². The summed E-state index contributed by atoms with van der Waals surface area (Å²) in [4.78, 5) is 7.08. The lowest BCUT2D eigenvalue weighted by Crippen LogP contribution is -2.36. The van der Waals surface area contributed by atoms with Gasteiger partial charge in [0.1, 0.15) is 5.75 Å². The lowest BCUT2D eigenvalue weighted by atomic mass is 10.2. The molecule has 5 heteroatoms. The first kappa shape index (κ1) is 18.8. The summed E-state index contributed by atoms with van der Waals surface area (Å²) in [5, 5.41) is 6.70. The molecule has 2 aromatic carbocycles. The van der Waals surface area contributed by atoms with Crippen molar-refractivity contribution in [1.82, 2.24) is 10.6 Å². The zero-order valence-electron chi connectivity index (χ0n) is 16.1. The molecule has 0 radical (unpaired) electrons. The van der Waals surface area contributed by atoms with Crippen LogP contribution in [0, 0.1) is 0 Å². The predicted octanol–water partition coefficient (Wildman–Crippen LogP) is 3.33. The third-order valence-corrected chi connectivity index (χ3v) is 4.48. The average molecular weight is 364 g/mol. The van der Waals surface area contributed by atoms with E-state index < -0.39 is 0 Å². The fraction of sp³-hybridized carbons (Fsp3) is 0.318. The molecule has 0 aromatic heterocycles. The zero-order chi connectivity index (χ0) is 18.9. The molecule has 0 saturated carbocycles. The molecular weight excluding hydrogens is 336 g/mol. The number of guanidine groups is 1. The number of rotatable bonds is 7. The molecule has 0 bridgehead atoms. The minimum Gasteiger partial charge on any atom is -0.497 e. The average Bonchev–Trinajstić information content (AvgIpc) is 3.26. The summed E-state index contributed by atoms with van der Waals surface area (Å²) in [7, 11) is 1.68. The highest BCUT2D eigenvalue weighted by molar-refractivity contribution is 5.79. The van der Waals surface area contributed by atoms with Crippen LogP contribution >= 0.6 is 0 Å². The molecule has 27 heavy (non-hydrogen) atoms. The largest absolute Gasteiger partial charge is 0.497 e. The van der Waals surface area contributed by atoms with Gasteiger partial charge in [0.05, 0.1) is 13.7 Å². The Kier molecular flexibility index (Phi) is 6.74. The van der Waals surface area contributed by atoms with Crippen molar-refractivity contribution in [3.05, 3.63) is 71.8 Å². The van der Waals surface area contributed by atoms with Crippen LogP contribution in [0.2, 0.25) is 0 Å². The van der Waals surface area contributed by atoms with Crippen LogP contribution in [0.25, 0.3) is 0 Å². The van der Waals surface area contributed by atoms with Crippen LogP contribution in [0.3, 0.4) is 0 Å². The molecule has 0 unspecified atom stereocenters. The number of hydrogen-bond donors (Lipinski definition) is 2. The molecule has 1 heterocycles. The number of ether oxygens (including phenoxy) is 1. The summed E-state index contributed by atoms with van der Waals surface area (Å²) >= 11 is 0. The van der Waals surface area contributed by atoms with Crippen molar-refractivity contribution in [2.24, 2.45) is 4.99 Å². The Hall–Kier alpha value is -2.95. The summed E-state index contributed by atoms with van der Waals surface area (Å²) in [6.45, 7) is 6.24. The Balaban J connectivity index is 1.60. The zero-order valence-corrected chi connectivity index (χ0v) is 16.1. The van der Waals surface area contributed by atoms with Crippen LogP contribution in [-0.4, -0.2) is 32.7 Å². The van der Waals surface area contributed by atoms with Crippen LogP contribution in [0.1, 0.15) is 18.1 Å². The number of nitrogens with one attached hydrogen (secondary N) is 2. The highest BCUT2D eigenvalue weighted by atomic mass is 16.5. The lowest BCUT2D eigenvalue weighted by molar-refractivity contribution is 0.414. The maximum Gasteiger partial charge on any atom is 0.191 e. The molecular formula is C22H28N4O. The van der Waals surface area contributed by atoms with Gasteiger partial charge in [0.25, 0.3) is 0 Å². The van der Waals surface area contributed by atoms with E-state index in [0.717, 1.165) is 37.9 Å². The topological polar surface area (TPSA) is 48.9 Å². The van der Waals surface area contributed by atoms with Gasteiger partial charge in [-0.25, -0.2) is 4.99 Å². The summed E-state index contributed by atoms with van der Waals surface area (Å²) in [5.41, 5.74) is 3.65. The van der Waals surface area contributed by atoms with Crippen LogP contribution in [0.4, 0.5) is 5.69 Å². The highest BCUT2D eigenvalue weighted by Gasteiger charge is 2.07. The lowest BCUT2D eigenvalue weighted by Gasteiger charge is -2.18. The molecule has 142 valence electrons. The van der Waals surface area contributed by atoms with Crippen molar-refractivity contribution in [3.8, 4) is 5.75 Å². The quantitative estimate of drug-likeness (QED) is 0.449. The fourth-order valence-corrected chi connectivity index (χ4v) is 2.98. The number of benzene rings is 2. The first-order chi connectivity index (χ1) is 13.3. The molecule has 0 fully saturated rings. The van der Waals surface area contributed by atoms with Gasteiger partial charge in [0.15, 0.2) is 5.96 Å². The van der Waals surface area contributed by atoms with E-state index in [0.29, 0.717) is 6.54 Å². The van der Waals surface area contributed by atoms with Gasteiger partial charge in [-0.1, -0.05) is 36.4 Å². The van der Waals surface area contributed by atoms with E-state index >= 15 is 0 Å². The first-order valence-electron chi connectivity index (χ1n) is 9.42. The molecule has 0 saturated heterocycles. The van der Waals surface area contributed by atoms with Gasteiger partial charge in [-0.05, 0) is 42.3 Å². The maximum atomic E-state index is 5.20. The predicted molar refractivity (Wildman–Crippen MR) is 112 cm³/mol. The van der Waals surface area contributed by atoms with Crippen molar-refractivity contribution in [2.75, 3.05) is 31.6 Å². The van der Waals surface area contributed by atoms with Crippen LogP contribution < -0.4 is 20.3 Å². The number of aliphatic imine (C=N–C) groups is 1. The minimum absolute atomic E-state index is 0.646. The summed E-state index contributed by atoms with van der Waals surface area (Å²) < 4.78 is 5.20. The van der Waals surface area contributed by atoms with E-state index in [1.54, 1.807) is 7.11 Å². The summed E-state index contributed by atoms with van der Waals surface area (Å²) in [6, 6.07) is 16.7. The van der Waals surface area contributed by atoms with Crippen molar-refractivity contribution in [2.45, 2.75) is 20.0 Å². The Morgan fingerprint density at radius 1 is 1.04 bits per heavy atom. The Labute approximate surface area is 161 Å². The van der Waals surface area contributed by atoms with Crippen LogP contribution in [0.5, 0.6) is 5.75 Å². The molecule has 2 N–H and O–H groups in total. The third kappa shape index (κ3) is 5.51. The Morgan fingerprint density at radius 2 is 1.81 bits per heavy atom. The van der Waals surface area contributed by atoms with E-state index in [9.17, 15) is 0 Å². The molecule has 3 rings (SSSR count). The third-order valence-electron chi connectivity index (χ3n) is 4.48. The normalized spacial score (nSPS) is 13.7. The molecule has 0 spiro atoms. The molecule has 0 atom stereocenters. The van der Waals surface area contributed by atoms with Gasteiger partial charge in [0.2, 0.25) is 0 Å². The van der Waals surface area contributed by atoms with Crippen molar-refractivity contribution >= 4 is 11.6 Å². The highest BCUT2D eigenvalue weighted by Crippen LogP contribution is 2.19. The Bertz CT molecular complexity index is 775. The van der Waals surface area contributed by atoms with E-state index in [4.69, 9.17) is 9.73 Å². The number of methoxy groups -OCH3 is 1. The molecule has 5 nitrogen and oxygen atoms in total. The number of nitrogens with zero attached hydrogens (tertiary/aromatic N) is 2. The van der Waals surface area contributed by atoms with Gasteiger partial charge in [-0.3, -0.25) is 0 Å². The summed E-state index contributed by atoms with van der Waals surface area (Å²) in [6.07, 6.45) is 4.41. The molecule has 2 aromatic rings. The second-order valence-corrected chi connectivity index (χ2v) is 6.44. The standard InChI is InChI=1S/C22H28N4O/c1-3-23-22(24-16-18-9-11-21(27-2)12-10-18)25-17-19-7-6-8-20(15-19)26-13-4-5-14-26/h4-12,15H,3,13-14,16-17H2,1-2H3,(H2,23,24,25). The van der Waals surface area contributed by atoms with Gasteiger partial charge in [-0.2, -0.15) is 0 Å². The molecule has 0 aliphatic carbocycles. The Morgan fingerprint density at radius 3 is 2.52 bits per heavy atom. The van der Waals surface area contributed by atoms with Crippen LogP contribution in [0.15, 0.2) is 65.7 Å². The van der Waals surface area contributed by atoms with Crippen molar-refractivity contribution < 1.29 is 4.74 Å². The van der Waals surface area contributed by atoms with Gasteiger partial charge in [0, 0.05) is 31.9 Å². The minimum atomic E-state index is 0.646. The van der Waals surface area contributed by atoms with Gasteiger partial charge in [-0.15, -0.1) is 0 Å². The van der Waals surface area contributed by atoms with E-state index in [-0.39, 0.29) is 0 Å². The van der Waals surface area contributed by atoms with Crippen molar-refractivity contribution in [1.29, 1.82) is 0 Å². The SMILES string of the molecule is CCNC(=NCc1cccc(N2CC=CC2)c1)NCc1ccc(OC)cc1. The number of hydrogen-bond acceptors (Lipinski definition) is 3. The maximum absolute atomic E-state index is 5.20. The second-order valence-electron chi connectivity index (χ2n) is 6.44. The molecule has 0 amide bonds. The molecule has 1 aliphatic rings. The summed E-state index contributed by atoms with van der Waals surface area (Å²) in [5.74, 6) is 1.69. The second kappa shape index (κ2) is 9.67. The number of anilines is 1. The smallest absolute Gasteiger partial charge is 0.191 e. The van der Waals surface area contributed by atoms with Crippen molar-refractivity contribution in [3.63, 3.8) is 0 Å². The molecule has 1 aliphatic heterocycles. The first-order valence-corrected chi connectivity index (χ1v) is 9.42. The fourth-order valence-electron chi connectivity index (χ4n) is 2.98.